The minimum atomic E-state index is -0.836. The predicted octanol–water partition coefficient (Wildman–Crippen LogP) is 1.94. The normalized spacial score (nSPS) is 10.4. The number of aliphatic carboxylic acids is 1. The van der Waals surface area contributed by atoms with Crippen LogP contribution in [0.1, 0.15) is 11.1 Å². The number of carboxylic acid groups (broad SMARTS) is 1. The highest BCUT2D eigenvalue weighted by molar-refractivity contribution is 5.87. The molecule has 0 fully saturated rings. The fourth-order valence-electron chi connectivity index (χ4n) is 1.86. The zero-order chi connectivity index (χ0) is 13.0. The van der Waals surface area contributed by atoms with Gasteiger partial charge in [0.05, 0.1) is 13.0 Å². The molecule has 4 nitrogen and oxygen atoms in total. The van der Waals surface area contributed by atoms with Crippen molar-refractivity contribution >= 4 is 16.9 Å². The van der Waals surface area contributed by atoms with Gasteiger partial charge in [-0.3, -0.25) is 4.79 Å². The Morgan fingerprint density at radius 3 is 3.06 bits per heavy atom. The van der Waals surface area contributed by atoms with Gasteiger partial charge in [0.25, 0.3) is 0 Å². The summed E-state index contributed by atoms with van der Waals surface area (Å²) >= 11 is 0. The van der Waals surface area contributed by atoms with Gasteiger partial charge in [-0.15, -0.1) is 6.42 Å². The largest absolute Gasteiger partial charge is 0.481 e. The quantitative estimate of drug-likeness (QED) is 0.623. The molecule has 2 aromatic rings. The Hall–Kier alpha value is -2.25. The monoisotopic (exact) mass is 243 g/mol. The molecule has 1 heterocycles. The molecule has 0 unspecified atom stereocenters. The second kappa shape index (κ2) is 5.39. The number of nitrogens with one attached hydrogen (secondary N) is 1. The molecule has 2 N–H and O–H groups in total. The molecular formula is C14H13NO3. The molecule has 0 aliphatic rings. The van der Waals surface area contributed by atoms with Gasteiger partial charge in [-0.05, 0) is 17.2 Å². The van der Waals surface area contributed by atoms with Gasteiger partial charge in [0, 0.05) is 17.1 Å². The number of carboxylic acids is 1. The van der Waals surface area contributed by atoms with Gasteiger partial charge in [0.15, 0.2) is 0 Å². The lowest BCUT2D eigenvalue weighted by atomic mass is 10.1. The summed E-state index contributed by atoms with van der Waals surface area (Å²) in [6.07, 6.45) is 6.84. The second-order valence-electron chi connectivity index (χ2n) is 3.96. The molecule has 1 aromatic heterocycles. The minimum Gasteiger partial charge on any atom is -0.481 e. The molecule has 92 valence electrons. The maximum atomic E-state index is 10.7. The smallest absolute Gasteiger partial charge is 0.307 e. The Balaban J connectivity index is 2.20. The van der Waals surface area contributed by atoms with Crippen molar-refractivity contribution in [3.63, 3.8) is 0 Å². The van der Waals surface area contributed by atoms with E-state index in [0.717, 1.165) is 22.0 Å². The van der Waals surface area contributed by atoms with Gasteiger partial charge in [-0.1, -0.05) is 18.1 Å². The van der Waals surface area contributed by atoms with Crippen molar-refractivity contribution < 1.29 is 14.6 Å². The summed E-state index contributed by atoms with van der Waals surface area (Å²) in [4.78, 5) is 13.8. The number of carbonyl (C=O) groups is 1. The van der Waals surface area contributed by atoms with Crippen LogP contribution in [0, 0.1) is 12.3 Å². The Morgan fingerprint density at radius 1 is 1.50 bits per heavy atom. The highest BCUT2D eigenvalue weighted by Gasteiger charge is 2.07. The van der Waals surface area contributed by atoms with E-state index in [0.29, 0.717) is 6.61 Å². The number of aromatic amines is 1. The van der Waals surface area contributed by atoms with Crippen molar-refractivity contribution in [1.82, 2.24) is 4.98 Å². The van der Waals surface area contributed by atoms with Crippen LogP contribution in [0.3, 0.4) is 0 Å². The van der Waals surface area contributed by atoms with Gasteiger partial charge in [-0.25, -0.2) is 0 Å². The first-order valence-electron chi connectivity index (χ1n) is 5.52. The highest BCUT2D eigenvalue weighted by Crippen LogP contribution is 2.20. The van der Waals surface area contributed by atoms with E-state index in [1.54, 1.807) is 6.20 Å². The van der Waals surface area contributed by atoms with Crippen LogP contribution in [0.2, 0.25) is 0 Å². The summed E-state index contributed by atoms with van der Waals surface area (Å²) in [7, 11) is 0. The fourth-order valence-corrected chi connectivity index (χ4v) is 1.86. The third-order valence-corrected chi connectivity index (χ3v) is 2.63. The number of benzene rings is 1. The Kier molecular flexibility index (Phi) is 3.66. The molecule has 0 saturated heterocycles. The summed E-state index contributed by atoms with van der Waals surface area (Å²) in [6.45, 7) is 0.737. The highest BCUT2D eigenvalue weighted by atomic mass is 16.5. The molecule has 18 heavy (non-hydrogen) atoms. The van der Waals surface area contributed by atoms with E-state index in [-0.39, 0.29) is 13.0 Å². The number of ether oxygens (including phenoxy) is 1. The summed E-state index contributed by atoms with van der Waals surface area (Å²) in [6, 6.07) is 5.76. The van der Waals surface area contributed by atoms with Crippen molar-refractivity contribution in [3.8, 4) is 12.3 Å². The van der Waals surface area contributed by atoms with E-state index >= 15 is 0 Å². The third kappa shape index (κ3) is 2.70. The van der Waals surface area contributed by atoms with Crippen LogP contribution in [0.15, 0.2) is 24.4 Å². The number of fused-ring (bicyclic) bond motifs is 1. The average molecular weight is 243 g/mol. The van der Waals surface area contributed by atoms with Gasteiger partial charge in [-0.2, -0.15) is 0 Å². The SMILES string of the molecule is C#CCOCc1ccc2c(CC(=O)O)c[nH]c2c1. The van der Waals surface area contributed by atoms with Crippen LogP contribution in [0.5, 0.6) is 0 Å². The number of hydrogen-bond donors (Lipinski definition) is 2. The first-order valence-corrected chi connectivity index (χ1v) is 5.52. The Morgan fingerprint density at radius 2 is 2.33 bits per heavy atom. The number of hydrogen-bond acceptors (Lipinski definition) is 2. The Bertz CT molecular complexity index is 607. The van der Waals surface area contributed by atoms with Crippen molar-refractivity contribution in [1.29, 1.82) is 0 Å². The summed E-state index contributed by atoms with van der Waals surface area (Å²) in [5, 5.41) is 9.72. The van der Waals surface area contributed by atoms with Crippen molar-refractivity contribution in [2.45, 2.75) is 13.0 Å². The van der Waals surface area contributed by atoms with Crippen molar-refractivity contribution in [3.05, 3.63) is 35.5 Å². The topological polar surface area (TPSA) is 62.3 Å². The number of rotatable bonds is 5. The van der Waals surface area contributed by atoms with E-state index in [1.807, 2.05) is 18.2 Å². The first-order chi connectivity index (χ1) is 8.70. The van der Waals surface area contributed by atoms with Gasteiger partial charge >= 0.3 is 5.97 Å². The first kappa shape index (κ1) is 12.2. The van der Waals surface area contributed by atoms with Crippen LogP contribution in [-0.4, -0.2) is 22.7 Å². The molecule has 0 amide bonds. The Labute approximate surface area is 105 Å². The van der Waals surface area contributed by atoms with E-state index < -0.39 is 5.97 Å². The molecule has 1 aromatic carbocycles. The average Bonchev–Trinajstić information content (AvgIpc) is 2.72. The molecule has 0 saturated carbocycles. The van der Waals surface area contributed by atoms with E-state index in [9.17, 15) is 4.79 Å². The molecule has 4 heteroatoms. The number of terminal acetylenes is 1. The van der Waals surface area contributed by atoms with Crippen LogP contribution in [-0.2, 0) is 22.6 Å². The lowest BCUT2D eigenvalue weighted by Gasteiger charge is -2.01. The lowest BCUT2D eigenvalue weighted by Crippen LogP contribution is -1.98. The second-order valence-corrected chi connectivity index (χ2v) is 3.96. The standard InChI is InChI=1S/C14H13NO3/c1-2-5-18-9-10-3-4-12-11(7-14(16)17)8-15-13(12)6-10/h1,3-4,6,8,15H,5,7,9H2,(H,16,17). The van der Waals surface area contributed by atoms with Crippen LogP contribution >= 0.6 is 0 Å². The minimum absolute atomic E-state index is 0.0208. The molecular weight excluding hydrogens is 230 g/mol. The number of aromatic nitrogens is 1. The number of H-pyrrole nitrogens is 1. The summed E-state index contributed by atoms with van der Waals surface area (Å²) in [5.74, 6) is 1.57. The van der Waals surface area contributed by atoms with Gasteiger partial charge < -0.3 is 14.8 Å². The maximum Gasteiger partial charge on any atom is 0.307 e. The summed E-state index contributed by atoms with van der Waals surface area (Å²) in [5.41, 5.74) is 2.70. The van der Waals surface area contributed by atoms with Crippen LogP contribution < -0.4 is 0 Å². The fraction of sp³-hybridized carbons (Fsp3) is 0.214. The lowest BCUT2D eigenvalue weighted by molar-refractivity contribution is -0.136. The molecule has 0 spiro atoms. The van der Waals surface area contributed by atoms with E-state index in [1.165, 1.54) is 0 Å². The van der Waals surface area contributed by atoms with Crippen molar-refractivity contribution in [2.24, 2.45) is 0 Å². The molecule has 0 aliphatic carbocycles. The maximum absolute atomic E-state index is 10.7. The van der Waals surface area contributed by atoms with Crippen LogP contribution in [0.4, 0.5) is 0 Å². The van der Waals surface area contributed by atoms with Gasteiger partial charge in [0.2, 0.25) is 0 Å². The zero-order valence-electron chi connectivity index (χ0n) is 9.77. The predicted molar refractivity (Wildman–Crippen MR) is 68.1 cm³/mol. The van der Waals surface area contributed by atoms with Crippen LogP contribution in [0.25, 0.3) is 10.9 Å². The van der Waals surface area contributed by atoms with Gasteiger partial charge in [0.1, 0.15) is 6.61 Å². The summed E-state index contributed by atoms with van der Waals surface area (Å²) < 4.78 is 5.25. The molecule has 0 aliphatic heterocycles. The molecule has 2 rings (SSSR count). The zero-order valence-corrected chi connectivity index (χ0v) is 9.77. The molecule has 0 bridgehead atoms. The van der Waals surface area contributed by atoms with E-state index in [4.69, 9.17) is 16.3 Å². The third-order valence-electron chi connectivity index (χ3n) is 2.63. The molecule has 0 atom stereocenters. The molecule has 0 radical (unpaired) electrons. The van der Waals surface area contributed by atoms with E-state index in [2.05, 4.69) is 10.9 Å². The van der Waals surface area contributed by atoms with Crippen molar-refractivity contribution in [2.75, 3.05) is 6.61 Å².